The fraction of sp³-hybridized carbons (Fsp3) is 0.600. The molecular weight excluding hydrogens is 286 g/mol. The van der Waals surface area contributed by atoms with E-state index in [9.17, 15) is 8.42 Å². The van der Waals surface area contributed by atoms with Crippen LogP contribution in [0.1, 0.15) is 26.7 Å². The highest BCUT2D eigenvalue weighted by Crippen LogP contribution is 2.22. The third kappa shape index (κ3) is 3.96. The van der Waals surface area contributed by atoms with Crippen molar-refractivity contribution in [3.63, 3.8) is 0 Å². The van der Waals surface area contributed by atoms with E-state index in [4.69, 9.17) is 0 Å². The minimum absolute atomic E-state index is 0.334. The predicted octanol–water partition coefficient (Wildman–Crippen LogP) is 1.56. The number of sulfonamides is 1. The van der Waals surface area contributed by atoms with Crippen LogP contribution < -0.4 is 14.9 Å². The van der Waals surface area contributed by atoms with Crippen molar-refractivity contribution in [1.82, 2.24) is 10.0 Å². The van der Waals surface area contributed by atoms with Gasteiger partial charge in [-0.1, -0.05) is 6.92 Å². The van der Waals surface area contributed by atoms with Crippen molar-refractivity contribution < 1.29 is 8.42 Å². The van der Waals surface area contributed by atoms with Crippen LogP contribution in [-0.4, -0.2) is 40.6 Å². The number of benzene rings is 1. The Balaban J connectivity index is 2.14. The van der Waals surface area contributed by atoms with Crippen LogP contribution in [-0.2, 0) is 10.0 Å². The molecule has 5 nitrogen and oxygen atoms in total. The van der Waals surface area contributed by atoms with Crippen molar-refractivity contribution in [2.75, 3.05) is 31.1 Å². The van der Waals surface area contributed by atoms with Gasteiger partial charge in [0.15, 0.2) is 0 Å². The Morgan fingerprint density at radius 2 is 2.00 bits per heavy atom. The normalized spacial score (nSPS) is 18.9. The minimum Gasteiger partial charge on any atom is -0.367 e. The second kappa shape index (κ2) is 7.24. The lowest BCUT2D eigenvalue weighted by atomic mass is 10.2. The Bertz CT molecular complexity index is 537. The van der Waals surface area contributed by atoms with Crippen molar-refractivity contribution in [2.45, 2.75) is 37.6 Å². The van der Waals surface area contributed by atoms with E-state index in [1.54, 1.807) is 12.1 Å². The van der Waals surface area contributed by atoms with Gasteiger partial charge in [-0.15, -0.1) is 0 Å². The summed E-state index contributed by atoms with van der Waals surface area (Å²) in [6, 6.07) is 7.69. The molecule has 1 fully saturated rings. The van der Waals surface area contributed by atoms with Gasteiger partial charge in [-0.25, -0.2) is 13.1 Å². The summed E-state index contributed by atoms with van der Waals surface area (Å²) in [5.41, 5.74) is 1.08. The van der Waals surface area contributed by atoms with Crippen LogP contribution in [0.2, 0.25) is 0 Å². The summed E-state index contributed by atoms with van der Waals surface area (Å²) >= 11 is 0. The van der Waals surface area contributed by atoms with E-state index in [1.165, 1.54) is 0 Å². The molecule has 0 amide bonds. The summed E-state index contributed by atoms with van der Waals surface area (Å²) in [7, 11) is -3.37. The fourth-order valence-corrected chi connectivity index (χ4v) is 3.83. The van der Waals surface area contributed by atoms with E-state index in [0.29, 0.717) is 17.5 Å². The molecule has 0 aliphatic carbocycles. The molecule has 118 valence electrons. The molecule has 1 saturated heterocycles. The van der Waals surface area contributed by atoms with Gasteiger partial charge in [0.25, 0.3) is 0 Å². The number of hydrogen-bond acceptors (Lipinski definition) is 4. The quantitative estimate of drug-likeness (QED) is 0.802. The maximum absolute atomic E-state index is 12.1. The first kappa shape index (κ1) is 16.3. The largest absolute Gasteiger partial charge is 0.367 e. The summed E-state index contributed by atoms with van der Waals surface area (Å²) in [6.45, 7) is 7.51. The first-order valence-corrected chi connectivity index (χ1v) is 9.14. The Morgan fingerprint density at radius 1 is 1.29 bits per heavy atom. The van der Waals surface area contributed by atoms with Gasteiger partial charge in [0, 0.05) is 31.4 Å². The lowest BCUT2D eigenvalue weighted by Gasteiger charge is -2.29. The van der Waals surface area contributed by atoms with Crippen LogP contribution >= 0.6 is 0 Å². The van der Waals surface area contributed by atoms with Crippen LogP contribution in [0.3, 0.4) is 0 Å². The highest BCUT2D eigenvalue weighted by atomic mass is 32.2. The minimum atomic E-state index is -3.37. The average Bonchev–Trinajstić information content (AvgIpc) is 3.01. The van der Waals surface area contributed by atoms with Gasteiger partial charge in [-0.05, 0) is 50.6 Å². The Labute approximate surface area is 127 Å². The van der Waals surface area contributed by atoms with Crippen molar-refractivity contribution in [1.29, 1.82) is 0 Å². The summed E-state index contributed by atoms with van der Waals surface area (Å²) < 4.78 is 26.7. The average molecular weight is 311 g/mol. The van der Waals surface area contributed by atoms with E-state index in [2.05, 4.69) is 21.9 Å². The summed E-state index contributed by atoms with van der Waals surface area (Å²) in [6.07, 6.45) is 1.92. The SMILES string of the molecule is CCCNS(=O)(=O)c1ccc(N(CC)C2CCNC2)cc1. The summed E-state index contributed by atoms with van der Waals surface area (Å²) in [5, 5.41) is 3.37. The molecule has 0 saturated carbocycles. The van der Waals surface area contributed by atoms with Gasteiger partial charge in [-0.2, -0.15) is 0 Å². The molecule has 1 heterocycles. The van der Waals surface area contributed by atoms with Crippen LogP contribution in [0.4, 0.5) is 5.69 Å². The topological polar surface area (TPSA) is 61.4 Å². The molecule has 1 atom stereocenters. The maximum Gasteiger partial charge on any atom is 0.240 e. The number of nitrogens with zero attached hydrogens (tertiary/aromatic N) is 1. The lowest BCUT2D eigenvalue weighted by Crippen LogP contribution is -2.36. The molecule has 1 unspecified atom stereocenters. The van der Waals surface area contributed by atoms with E-state index in [1.807, 2.05) is 19.1 Å². The molecule has 0 radical (unpaired) electrons. The fourth-order valence-electron chi connectivity index (χ4n) is 2.69. The molecule has 0 aromatic heterocycles. The van der Waals surface area contributed by atoms with Crippen molar-refractivity contribution in [2.24, 2.45) is 0 Å². The third-order valence-corrected chi connectivity index (χ3v) is 5.31. The van der Waals surface area contributed by atoms with Gasteiger partial charge >= 0.3 is 0 Å². The Hall–Kier alpha value is -1.11. The molecule has 1 aliphatic heterocycles. The molecule has 2 rings (SSSR count). The van der Waals surface area contributed by atoms with E-state index >= 15 is 0 Å². The molecule has 1 aliphatic rings. The van der Waals surface area contributed by atoms with Crippen LogP contribution in [0, 0.1) is 0 Å². The van der Waals surface area contributed by atoms with Crippen molar-refractivity contribution in [3.05, 3.63) is 24.3 Å². The molecular formula is C15H25N3O2S. The third-order valence-electron chi connectivity index (χ3n) is 3.84. The maximum atomic E-state index is 12.1. The first-order valence-electron chi connectivity index (χ1n) is 7.65. The highest BCUT2D eigenvalue weighted by molar-refractivity contribution is 7.89. The number of hydrogen-bond donors (Lipinski definition) is 2. The number of anilines is 1. The Morgan fingerprint density at radius 3 is 2.52 bits per heavy atom. The lowest BCUT2D eigenvalue weighted by molar-refractivity contribution is 0.580. The van der Waals surface area contributed by atoms with Crippen LogP contribution in [0.15, 0.2) is 29.2 Å². The van der Waals surface area contributed by atoms with Gasteiger partial charge < -0.3 is 10.2 Å². The second-order valence-electron chi connectivity index (χ2n) is 5.32. The predicted molar refractivity (Wildman–Crippen MR) is 86.2 cm³/mol. The molecule has 2 N–H and O–H groups in total. The second-order valence-corrected chi connectivity index (χ2v) is 7.09. The van der Waals surface area contributed by atoms with Gasteiger partial charge in [-0.3, -0.25) is 0 Å². The number of rotatable bonds is 7. The summed E-state index contributed by atoms with van der Waals surface area (Å²) in [5.74, 6) is 0. The number of likely N-dealkylation sites (N-methyl/N-ethyl adjacent to an activating group) is 1. The molecule has 0 bridgehead atoms. The van der Waals surface area contributed by atoms with Gasteiger partial charge in [0.1, 0.15) is 0 Å². The van der Waals surface area contributed by atoms with E-state index in [0.717, 1.165) is 38.2 Å². The Kier molecular flexibility index (Phi) is 5.61. The van der Waals surface area contributed by atoms with Crippen LogP contribution in [0.25, 0.3) is 0 Å². The zero-order valence-electron chi connectivity index (χ0n) is 12.8. The molecule has 1 aromatic rings. The van der Waals surface area contributed by atoms with Crippen molar-refractivity contribution >= 4 is 15.7 Å². The van der Waals surface area contributed by atoms with E-state index in [-0.39, 0.29) is 0 Å². The zero-order chi connectivity index (χ0) is 15.3. The molecule has 0 spiro atoms. The van der Waals surface area contributed by atoms with Gasteiger partial charge in [0.05, 0.1) is 4.90 Å². The zero-order valence-corrected chi connectivity index (χ0v) is 13.6. The number of nitrogens with one attached hydrogen (secondary N) is 2. The highest BCUT2D eigenvalue weighted by Gasteiger charge is 2.22. The molecule has 1 aromatic carbocycles. The first-order chi connectivity index (χ1) is 10.1. The standard InChI is InChI=1S/C15H25N3O2S/c1-3-10-17-21(19,20)15-7-5-13(6-8-15)18(4-2)14-9-11-16-12-14/h5-8,14,16-17H,3-4,9-12H2,1-2H3. The van der Waals surface area contributed by atoms with Crippen molar-refractivity contribution in [3.8, 4) is 0 Å². The van der Waals surface area contributed by atoms with E-state index < -0.39 is 10.0 Å². The van der Waals surface area contributed by atoms with Crippen LogP contribution in [0.5, 0.6) is 0 Å². The molecule has 21 heavy (non-hydrogen) atoms. The van der Waals surface area contributed by atoms with Gasteiger partial charge in [0.2, 0.25) is 10.0 Å². The monoisotopic (exact) mass is 311 g/mol. The smallest absolute Gasteiger partial charge is 0.240 e. The summed E-state index contributed by atoms with van der Waals surface area (Å²) in [4.78, 5) is 2.66. The molecule has 6 heteroatoms.